The Labute approximate surface area is 191 Å². The van der Waals surface area contributed by atoms with Crippen LogP contribution in [0.15, 0.2) is 10.9 Å². The van der Waals surface area contributed by atoms with Crippen LogP contribution < -0.4 is 11.3 Å². The zero-order chi connectivity index (χ0) is 24.1. The van der Waals surface area contributed by atoms with Crippen molar-refractivity contribution < 1.29 is 56.3 Å². The molecule has 0 aliphatic carbocycles. The van der Waals surface area contributed by atoms with E-state index in [1.807, 2.05) is 22.6 Å². The SMILES string of the molecule is Nc1nc2c(cc(I)n2C2C[C@H](O)[C@@H](COP(=O)(O)OP(=O)(O)OP(=O)(O)O)O2)c(=O)[nH]1. The van der Waals surface area contributed by atoms with Crippen LogP contribution in [0.4, 0.5) is 5.95 Å². The summed E-state index contributed by atoms with van der Waals surface area (Å²) in [6.07, 6.45) is -3.44. The summed E-state index contributed by atoms with van der Waals surface area (Å²) in [5.74, 6) is -0.152. The highest BCUT2D eigenvalue weighted by Gasteiger charge is 2.43. The molecular formula is C11H16IN4O13P3. The molecule has 32 heavy (non-hydrogen) atoms. The Kier molecular flexibility index (Phi) is 7.40. The molecule has 0 aromatic carbocycles. The molecule has 8 N–H and O–H groups in total. The summed E-state index contributed by atoms with van der Waals surface area (Å²) >= 11 is 1.90. The molecule has 5 atom stereocenters. The molecule has 3 unspecified atom stereocenters. The van der Waals surface area contributed by atoms with Gasteiger partial charge in [0.2, 0.25) is 5.95 Å². The average Bonchev–Trinajstić information content (AvgIpc) is 3.09. The van der Waals surface area contributed by atoms with Crippen molar-refractivity contribution in [2.24, 2.45) is 0 Å². The van der Waals surface area contributed by atoms with Crippen molar-refractivity contribution in [2.45, 2.75) is 24.9 Å². The average molecular weight is 632 g/mol. The zero-order valence-electron chi connectivity index (χ0n) is 15.4. The lowest BCUT2D eigenvalue weighted by Crippen LogP contribution is -2.26. The maximum absolute atomic E-state index is 12.0. The predicted octanol–water partition coefficient (Wildman–Crippen LogP) is -0.0969. The number of rotatable bonds is 8. The van der Waals surface area contributed by atoms with Crippen LogP contribution in [0, 0.1) is 3.70 Å². The first-order valence-corrected chi connectivity index (χ1v) is 13.8. The van der Waals surface area contributed by atoms with Crippen LogP contribution in [-0.2, 0) is 31.6 Å². The number of aromatic nitrogens is 3. The molecule has 2 aromatic heterocycles. The number of ether oxygens (including phenoxy) is 1. The van der Waals surface area contributed by atoms with Gasteiger partial charge in [-0.25, -0.2) is 13.7 Å². The monoisotopic (exact) mass is 632 g/mol. The number of anilines is 1. The van der Waals surface area contributed by atoms with E-state index in [9.17, 15) is 28.5 Å². The molecule has 1 aliphatic rings. The molecule has 1 saturated heterocycles. The summed E-state index contributed by atoms with van der Waals surface area (Å²) in [5, 5.41) is 10.4. The van der Waals surface area contributed by atoms with Crippen molar-refractivity contribution in [3.05, 3.63) is 20.1 Å². The van der Waals surface area contributed by atoms with Gasteiger partial charge in [-0.2, -0.15) is 13.6 Å². The summed E-state index contributed by atoms with van der Waals surface area (Å²) in [7, 11) is -16.6. The van der Waals surface area contributed by atoms with Crippen molar-refractivity contribution in [1.82, 2.24) is 14.5 Å². The molecule has 0 spiro atoms. The molecule has 17 nitrogen and oxygen atoms in total. The highest BCUT2D eigenvalue weighted by molar-refractivity contribution is 14.1. The van der Waals surface area contributed by atoms with Crippen molar-refractivity contribution in [2.75, 3.05) is 12.3 Å². The van der Waals surface area contributed by atoms with Crippen LogP contribution in [0.1, 0.15) is 12.6 Å². The number of hydrogen-bond acceptors (Lipinski definition) is 11. The van der Waals surface area contributed by atoms with Gasteiger partial charge >= 0.3 is 23.5 Å². The second-order valence-electron chi connectivity index (χ2n) is 6.34. The highest BCUT2D eigenvalue weighted by Crippen LogP contribution is 2.66. The van der Waals surface area contributed by atoms with Gasteiger partial charge in [-0.1, -0.05) is 0 Å². The van der Waals surface area contributed by atoms with Gasteiger partial charge in [-0.15, -0.1) is 0 Å². The van der Waals surface area contributed by atoms with Crippen LogP contribution in [0.2, 0.25) is 0 Å². The third kappa shape index (κ3) is 6.24. The lowest BCUT2D eigenvalue weighted by molar-refractivity contribution is -0.0428. The van der Waals surface area contributed by atoms with Crippen LogP contribution >= 0.6 is 46.1 Å². The van der Waals surface area contributed by atoms with Crippen LogP contribution in [0.5, 0.6) is 0 Å². The van der Waals surface area contributed by atoms with E-state index in [2.05, 4.69) is 23.1 Å². The number of nitrogens with two attached hydrogens (primary N) is 1. The van der Waals surface area contributed by atoms with E-state index in [-0.39, 0.29) is 23.4 Å². The number of phosphoric ester groups is 1. The third-order valence-corrected chi connectivity index (χ3v) is 8.62. The van der Waals surface area contributed by atoms with E-state index in [0.717, 1.165) is 0 Å². The van der Waals surface area contributed by atoms with Gasteiger partial charge in [0.15, 0.2) is 5.65 Å². The van der Waals surface area contributed by atoms with Crippen LogP contribution in [-0.4, -0.2) is 58.0 Å². The van der Waals surface area contributed by atoms with Gasteiger partial charge in [0.05, 0.1) is 21.8 Å². The Hall–Kier alpha value is -0.720. The lowest BCUT2D eigenvalue weighted by Gasteiger charge is -2.19. The number of hydrogen-bond donors (Lipinski definition) is 7. The number of nitrogen functional groups attached to an aromatic ring is 1. The minimum absolute atomic E-state index is 0.0570. The van der Waals surface area contributed by atoms with E-state index in [4.69, 9.17) is 25.2 Å². The Balaban J connectivity index is 1.71. The molecule has 180 valence electrons. The second-order valence-corrected chi connectivity index (χ2v) is 11.9. The molecule has 3 heterocycles. The van der Waals surface area contributed by atoms with Gasteiger partial charge < -0.3 is 35.2 Å². The summed E-state index contributed by atoms with van der Waals surface area (Å²) in [5.41, 5.74) is 5.25. The number of H-pyrrole nitrogens is 1. The highest BCUT2D eigenvalue weighted by atomic mass is 127. The van der Waals surface area contributed by atoms with Gasteiger partial charge in [0.25, 0.3) is 5.56 Å². The smallest absolute Gasteiger partial charge is 0.390 e. The molecule has 0 amide bonds. The molecule has 1 fully saturated rings. The van der Waals surface area contributed by atoms with Gasteiger partial charge in [0.1, 0.15) is 12.3 Å². The minimum Gasteiger partial charge on any atom is -0.390 e. The van der Waals surface area contributed by atoms with Gasteiger partial charge in [0, 0.05) is 6.42 Å². The summed E-state index contributed by atoms with van der Waals surface area (Å²) in [6, 6.07) is 1.51. The normalized spacial score (nSPS) is 25.6. The summed E-state index contributed by atoms with van der Waals surface area (Å²) in [6.45, 7) is -0.826. The van der Waals surface area contributed by atoms with Crippen LogP contribution in [0.25, 0.3) is 11.0 Å². The molecular weight excluding hydrogens is 616 g/mol. The summed E-state index contributed by atoms with van der Waals surface area (Å²) in [4.78, 5) is 54.1. The molecule has 0 bridgehead atoms. The molecule has 0 saturated carbocycles. The Bertz CT molecular complexity index is 1230. The Morgan fingerprint density at radius 3 is 2.53 bits per heavy atom. The first-order chi connectivity index (χ1) is 14.6. The van der Waals surface area contributed by atoms with Crippen molar-refractivity contribution in [3.63, 3.8) is 0 Å². The number of fused-ring (bicyclic) bond motifs is 1. The quantitative estimate of drug-likeness (QED) is 0.148. The number of nitrogens with zero attached hydrogens (tertiary/aromatic N) is 2. The van der Waals surface area contributed by atoms with Crippen molar-refractivity contribution in [1.29, 1.82) is 0 Å². The number of nitrogens with one attached hydrogen (secondary N) is 1. The number of aliphatic hydroxyl groups excluding tert-OH is 1. The standard InChI is InChI=1S/C11H16IN4O13P3/c12-7-1-4-9(14-11(13)15-10(4)18)16(7)8-2-5(17)6(27-8)3-26-31(22,23)29-32(24,25)28-30(19,20)21/h1,5-6,8,17H,2-3H2,(H,22,23)(H,24,25)(H2,19,20,21)(H3,13,14,15,18)/t5-,6+,8?/m0/s1. The maximum Gasteiger partial charge on any atom is 0.490 e. The molecule has 3 rings (SSSR count). The number of phosphoric acid groups is 3. The lowest BCUT2D eigenvalue weighted by atomic mass is 10.2. The Morgan fingerprint density at radius 2 is 1.91 bits per heavy atom. The Morgan fingerprint density at radius 1 is 1.25 bits per heavy atom. The second kappa shape index (κ2) is 9.14. The third-order valence-electron chi connectivity index (χ3n) is 3.99. The fraction of sp³-hybridized carbons (Fsp3) is 0.455. The molecule has 0 radical (unpaired) electrons. The topological polar surface area (TPSA) is 266 Å². The molecule has 2 aromatic rings. The predicted molar refractivity (Wildman–Crippen MR) is 112 cm³/mol. The molecule has 21 heteroatoms. The van der Waals surface area contributed by atoms with Gasteiger partial charge in [-0.05, 0) is 28.7 Å². The van der Waals surface area contributed by atoms with Crippen molar-refractivity contribution >= 4 is 63.0 Å². The largest absolute Gasteiger partial charge is 0.490 e. The van der Waals surface area contributed by atoms with Crippen LogP contribution in [0.3, 0.4) is 0 Å². The summed E-state index contributed by atoms with van der Waals surface area (Å²) < 4.78 is 53.1. The van der Waals surface area contributed by atoms with E-state index in [0.29, 0.717) is 3.70 Å². The van der Waals surface area contributed by atoms with E-state index in [1.165, 1.54) is 10.6 Å². The fourth-order valence-corrected chi connectivity index (χ4v) is 6.74. The maximum atomic E-state index is 12.0. The van der Waals surface area contributed by atoms with E-state index in [1.54, 1.807) is 0 Å². The van der Waals surface area contributed by atoms with E-state index < -0.39 is 54.1 Å². The number of halogens is 1. The molecule has 1 aliphatic heterocycles. The van der Waals surface area contributed by atoms with Crippen molar-refractivity contribution in [3.8, 4) is 0 Å². The number of aromatic amines is 1. The van der Waals surface area contributed by atoms with Gasteiger partial charge in [-0.3, -0.25) is 18.9 Å². The zero-order valence-corrected chi connectivity index (χ0v) is 20.3. The minimum atomic E-state index is -5.67. The van der Waals surface area contributed by atoms with E-state index >= 15 is 0 Å². The first-order valence-electron chi connectivity index (χ1n) is 8.25. The fourth-order valence-electron chi connectivity index (χ4n) is 2.86. The first kappa shape index (κ1) is 25.9. The number of aliphatic hydroxyl groups is 1.